The molecule has 190 valence electrons. The highest BCUT2D eigenvalue weighted by molar-refractivity contribution is 5.99. The van der Waals surface area contributed by atoms with Crippen LogP contribution in [0, 0.1) is 0 Å². The van der Waals surface area contributed by atoms with Crippen LogP contribution < -0.4 is 27.8 Å². The molecule has 0 aliphatic carbocycles. The third kappa shape index (κ3) is 8.28. The molecule has 2 rings (SSSR count). The molecular weight excluding hydrogens is 458 g/mol. The van der Waals surface area contributed by atoms with E-state index < -0.39 is 48.2 Å². The first-order valence-corrected chi connectivity index (χ1v) is 11.1. The summed E-state index contributed by atoms with van der Waals surface area (Å²) in [6, 6.07) is 5.03. The number of nitrogens with zero attached hydrogens (tertiary/aromatic N) is 2. The number of amides is 4. The van der Waals surface area contributed by atoms with Crippen molar-refractivity contribution in [1.29, 1.82) is 0 Å². The molecule has 1 aromatic rings. The molecule has 13 nitrogen and oxygen atoms in total. The molecule has 0 spiro atoms. The van der Waals surface area contributed by atoms with Crippen LogP contribution in [-0.2, 0) is 19.2 Å². The number of nitrogens with one attached hydrogen (secondary N) is 2. The van der Waals surface area contributed by atoms with E-state index in [0.29, 0.717) is 31.4 Å². The maximum atomic E-state index is 13.1. The monoisotopic (exact) mass is 489 g/mol. The second-order valence-corrected chi connectivity index (χ2v) is 8.10. The number of rotatable bonds is 12. The minimum Gasteiger partial charge on any atom is -0.480 e. The predicted octanol–water partition coefficient (Wildman–Crippen LogP) is -1.73. The predicted molar refractivity (Wildman–Crippen MR) is 126 cm³/mol. The van der Waals surface area contributed by atoms with Crippen molar-refractivity contribution in [2.45, 2.75) is 50.2 Å². The number of primary amides is 1. The number of carboxylic acids is 1. The zero-order valence-corrected chi connectivity index (χ0v) is 19.2. The molecule has 1 aliphatic heterocycles. The van der Waals surface area contributed by atoms with E-state index in [0.717, 1.165) is 0 Å². The molecule has 0 aromatic heterocycles. The molecule has 9 N–H and O–H groups in total. The second kappa shape index (κ2) is 12.9. The number of hydrogen-bond acceptors (Lipinski definition) is 6. The molecule has 1 saturated heterocycles. The Morgan fingerprint density at radius 2 is 1.74 bits per heavy atom. The molecule has 1 fully saturated rings. The molecule has 1 aromatic carbocycles. The number of carboxylic acid groups (broad SMARTS) is 1. The summed E-state index contributed by atoms with van der Waals surface area (Å²) in [5.41, 5.74) is 16.1. The van der Waals surface area contributed by atoms with Crippen LogP contribution >= 0.6 is 0 Å². The van der Waals surface area contributed by atoms with Gasteiger partial charge in [-0.25, -0.2) is 4.79 Å². The largest absolute Gasteiger partial charge is 0.480 e. The maximum absolute atomic E-state index is 13.1. The quantitative estimate of drug-likeness (QED) is 0.112. The zero-order chi connectivity index (χ0) is 26.0. The number of aliphatic imine (C=N–C) groups is 1. The molecule has 0 bridgehead atoms. The van der Waals surface area contributed by atoms with Gasteiger partial charge in [-0.2, -0.15) is 0 Å². The van der Waals surface area contributed by atoms with Gasteiger partial charge in [0.05, 0.1) is 6.42 Å². The van der Waals surface area contributed by atoms with Crippen molar-refractivity contribution in [3.05, 3.63) is 35.9 Å². The normalized spacial score (nSPS) is 16.6. The van der Waals surface area contributed by atoms with Crippen LogP contribution in [0.3, 0.4) is 0 Å². The van der Waals surface area contributed by atoms with Gasteiger partial charge in [-0.15, -0.1) is 0 Å². The summed E-state index contributed by atoms with van der Waals surface area (Å²) in [6.45, 7) is 0.556. The van der Waals surface area contributed by atoms with Crippen LogP contribution in [0.15, 0.2) is 35.3 Å². The molecule has 1 aliphatic rings. The first-order valence-electron chi connectivity index (χ1n) is 11.1. The Kier molecular flexibility index (Phi) is 9.99. The molecular formula is C22H31N7O6. The van der Waals surface area contributed by atoms with E-state index in [1.54, 1.807) is 30.3 Å². The molecule has 1 heterocycles. The van der Waals surface area contributed by atoms with Gasteiger partial charge in [0, 0.05) is 18.7 Å². The van der Waals surface area contributed by atoms with Crippen molar-refractivity contribution in [3.8, 4) is 0 Å². The van der Waals surface area contributed by atoms with Crippen molar-refractivity contribution in [2.24, 2.45) is 22.2 Å². The van der Waals surface area contributed by atoms with Crippen molar-refractivity contribution < 1.29 is 29.1 Å². The summed E-state index contributed by atoms with van der Waals surface area (Å²) in [4.78, 5) is 66.7. The number of hydrogen-bond donors (Lipinski definition) is 6. The van der Waals surface area contributed by atoms with Gasteiger partial charge in [-0.3, -0.25) is 24.2 Å². The Balaban J connectivity index is 2.14. The summed E-state index contributed by atoms with van der Waals surface area (Å²) >= 11 is 0. The highest BCUT2D eigenvalue weighted by atomic mass is 16.4. The Bertz CT molecular complexity index is 964. The number of benzene rings is 1. The lowest BCUT2D eigenvalue weighted by atomic mass is 10.1. The second-order valence-electron chi connectivity index (χ2n) is 8.10. The van der Waals surface area contributed by atoms with Gasteiger partial charge in [0.2, 0.25) is 17.7 Å². The highest BCUT2D eigenvalue weighted by Crippen LogP contribution is 2.21. The Morgan fingerprint density at radius 3 is 2.34 bits per heavy atom. The third-order valence-electron chi connectivity index (χ3n) is 5.44. The van der Waals surface area contributed by atoms with Gasteiger partial charge >= 0.3 is 5.97 Å². The van der Waals surface area contributed by atoms with Crippen molar-refractivity contribution in [3.63, 3.8) is 0 Å². The number of carbonyl (C=O) groups is 5. The number of aliphatic carboxylic acids is 1. The molecule has 4 amide bonds. The Hall–Kier alpha value is -4.16. The minimum atomic E-state index is -1.56. The van der Waals surface area contributed by atoms with Crippen molar-refractivity contribution >= 4 is 35.6 Å². The van der Waals surface area contributed by atoms with Crippen molar-refractivity contribution in [1.82, 2.24) is 15.5 Å². The first kappa shape index (κ1) is 27.1. The van der Waals surface area contributed by atoms with E-state index in [1.165, 1.54) is 4.90 Å². The van der Waals surface area contributed by atoms with E-state index in [1.807, 2.05) is 0 Å². The van der Waals surface area contributed by atoms with Gasteiger partial charge in [0.1, 0.15) is 18.1 Å². The summed E-state index contributed by atoms with van der Waals surface area (Å²) in [5.74, 6) is -4.15. The maximum Gasteiger partial charge on any atom is 0.326 e. The molecule has 13 heteroatoms. The number of guanidine groups is 1. The molecule has 3 atom stereocenters. The summed E-state index contributed by atoms with van der Waals surface area (Å²) < 4.78 is 0. The number of carbonyl (C=O) groups excluding carboxylic acids is 4. The van der Waals surface area contributed by atoms with Gasteiger partial charge < -0.3 is 37.8 Å². The van der Waals surface area contributed by atoms with E-state index in [2.05, 4.69) is 15.6 Å². The lowest BCUT2D eigenvalue weighted by Gasteiger charge is -2.27. The Morgan fingerprint density at radius 1 is 1.06 bits per heavy atom. The molecule has 0 radical (unpaired) electrons. The average Bonchev–Trinajstić information content (AvgIpc) is 3.30. The van der Waals surface area contributed by atoms with E-state index in [4.69, 9.17) is 17.2 Å². The molecule has 0 saturated carbocycles. The van der Waals surface area contributed by atoms with Crippen LogP contribution in [0.5, 0.6) is 0 Å². The van der Waals surface area contributed by atoms with Crippen LogP contribution in [0.25, 0.3) is 0 Å². The fourth-order valence-electron chi connectivity index (χ4n) is 3.74. The number of likely N-dealkylation sites (tertiary alicyclic amines) is 1. The standard InChI is InChI=1S/C22H31N7O6/c23-17(30)12-15(21(34)35)28-18(31)14(8-4-10-26-22(24)25)27-19(32)16-9-5-11-29(16)20(33)13-6-2-1-3-7-13/h1-3,6-7,14-16H,4-5,8-12H2,(H2,23,30)(H,27,32)(H,28,31)(H,34,35)(H4,24,25,26)/t14-,15-,16-/m0/s1. The SMILES string of the molecule is NC(=O)C[C@H](NC(=O)[C@H](CCCN=C(N)N)NC(=O)[C@@H]1CCCN1C(=O)c1ccccc1)C(=O)O. The smallest absolute Gasteiger partial charge is 0.326 e. The summed E-state index contributed by atoms with van der Waals surface area (Å²) in [5, 5.41) is 14.1. The van der Waals surface area contributed by atoms with Crippen LogP contribution in [0.4, 0.5) is 0 Å². The number of nitrogens with two attached hydrogens (primary N) is 3. The third-order valence-corrected chi connectivity index (χ3v) is 5.44. The fraction of sp³-hybridized carbons (Fsp3) is 0.455. The van der Waals surface area contributed by atoms with Crippen molar-refractivity contribution in [2.75, 3.05) is 13.1 Å². The fourth-order valence-corrected chi connectivity index (χ4v) is 3.74. The van der Waals surface area contributed by atoms with E-state index in [9.17, 15) is 29.1 Å². The highest BCUT2D eigenvalue weighted by Gasteiger charge is 2.36. The molecule has 35 heavy (non-hydrogen) atoms. The summed E-state index contributed by atoms with van der Waals surface area (Å²) in [7, 11) is 0. The first-order chi connectivity index (χ1) is 16.6. The topological polar surface area (TPSA) is 223 Å². The van der Waals surface area contributed by atoms with E-state index in [-0.39, 0.29) is 24.8 Å². The van der Waals surface area contributed by atoms with Crippen LogP contribution in [0.2, 0.25) is 0 Å². The molecule has 0 unspecified atom stereocenters. The van der Waals surface area contributed by atoms with Gasteiger partial charge in [-0.1, -0.05) is 18.2 Å². The summed E-state index contributed by atoms with van der Waals surface area (Å²) in [6.07, 6.45) is 0.777. The lowest BCUT2D eigenvalue weighted by Crippen LogP contribution is -2.55. The van der Waals surface area contributed by atoms with Gasteiger partial charge in [0.25, 0.3) is 5.91 Å². The Labute approximate surface area is 202 Å². The van der Waals surface area contributed by atoms with Gasteiger partial charge in [-0.05, 0) is 37.8 Å². The van der Waals surface area contributed by atoms with E-state index >= 15 is 0 Å². The zero-order valence-electron chi connectivity index (χ0n) is 19.2. The van der Waals surface area contributed by atoms with Gasteiger partial charge in [0.15, 0.2) is 5.96 Å². The average molecular weight is 490 g/mol. The minimum absolute atomic E-state index is 0.0800. The lowest BCUT2D eigenvalue weighted by molar-refractivity contribution is -0.143. The van der Waals surface area contributed by atoms with Crippen LogP contribution in [-0.4, -0.2) is 76.8 Å². The van der Waals surface area contributed by atoms with Crippen LogP contribution in [0.1, 0.15) is 42.5 Å².